The quantitative estimate of drug-likeness (QED) is 0.525. The van der Waals surface area contributed by atoms with Crippen LogP contribution in [0.25, 0.3) is 0 Å². The fourth-order valence-electron chi connectivity index (χ4n) is 2.47. The van der Waals surface area contributed by atoms with Crippen LogP contribution in [0.1, 0.15) is 31.7 Å². The molecule has 0 aliphatic heterocycles. The number of nitrogens with zero attached hydrogens (tertiary/aromatic N) is 2. The van der Waals surface area contributed by atoms with Gasteiger partial charge in [-0.25, -0.2) is 0 Å². The highest BCUT2D eigenvalue weighted by molar-refractivity contribution is 7.71. The number of hydrogen-bond acceptors (Lipinski definition) is 5. The summed E-state index contributed by atoms with van der Waals surface area (Å²) in [5, 5.41) is 7.23. The molecular weight excluding hydrogens is 326 g/mol. The molecule has 0 amide bonds. The molecule has 0 aliphatic rings. The van der Waals surface area contributed by atoms with Crippen LogP contribution in [0.15, 0.2) is 18.2 Å². The maximum absolute atomic E-state index is 5.69. The van der Waals surface area contributed by atoms with Crippen molar-refractivity contribution in [1.82, 2.24) is 14.8 Å². The Morgan fingerprint density at radius 3 is 2.62 bits per heavy atom. The van der Waals surface area contributed by atoms with Crippen molar-refractivity contribution in [1.29, 1.82) is 0 Å². The molecule has 0 atom stereocenters. The van der Waals surface area contributed by atoms with Gasteiger partial charge in [-0.15, -0.1) is 0 Å². The van der Waals surface area contributed by atoms with Gasteiger partial charge in [0.2, 0.25) is 0 Å². The summed E-state index contributed by atoms with van der Waals surface area (Å²) in [4.78, 5) is 0. The maximum atomic E-state index is 5.69. The van der Waals surface area contributed by atoms with Crippen molar-refractivity contribution < 1.29 is 14.2 Å². The zero-order valence-corrected chi connectivity index (χ0v) is 15.3. The second-order valence-corrected chi connectivity index (χ2v) is 5.65. The number of nitrogens with one attached hydrogen (secondary N) is 1. The summed E-state index contributed by atoms with van der Waals surface area (Å²) in [6, 6.07) is 5.98. The molecule has 0 radical (unpaired) electrons. The van der Waals surface area contributed by atoms with Gasteiger partial charge in [0.15, 0.2) is 16.3 Å². The molecule has 2 rings (SSSR count). The van der Waals surface area contributed by atoms with E-state index in [0.717, 1.165) is 35.9 Å². The van der Waals surface area contributed by atoms with Gasteiger partial charge in [-0.2, -0.15) is 5.10 Å². The topological polar surface area (TPSA) is 61.3 Å². The minimum Gasteiger partial charge on any atom is -0.490 e. The molecule has 0 saturated carbocycles. The molecular formula is C17H25N3O3S. The third kappa shape index (κ3) is 4.82. The molecule has 132 valence electrons. The van der Waals surface area contributed by atoms with E-state index >= 15 is 0 Å². The zero-order valence-electron chi connectivity index (χ0n) is 14.5. The van der Waals surface area contributed by atoms with E-state index in [-0.39, 0.29) is 0 Å². The summed E-state index contributed by atoms with van der Waals surface area (Å²) in [7, 11) is 1.70. The van der Waals surface area contributed by atoms with Crippen molar-refractivity contribution >= 4 is 12.2 Å². The fraction of sp³-hybridized carbons (Fsp3) is 0.529. The molecule has 1 aromatic carbocycles. The van der Waals surface area contributed by atoms with Gasteiger partial charge in [-0.1, -0.05) is 6.07 Å². The van der Waals surface area contributed by atoms with Gasteiger partial charge < -0.3 is 18.8 Å². The Bertz CT molecular complexity index is 697. The molecule has 7 heteroatoms. The Kier molecular flexibility index (Phi) is 7.27. The summed E-state index contributed by atoms with van der Waals surface area (Å²) >= 11 is 5.32. The molecule has 0 saturated heterocycles. The molecule has 6 nitrogen and oxygen atoms in total. The lowest BCUT2D eigenvalue weighted by Gasteiger charge is -2.12. The average molecular weight is 351 g/mol. The highest BCUT2D eigenvalue weighted by Crippen LogP contribution is 2.29. The zero-order chi connectivity index (χ0) is 17.4. The van der Waals surface area contributed by atoms with Gasteiger partial charge in [-0.05, 0) is 50.2 Å². The van der Waals surface area contributed by atoms with Crippen molar-refractivity contribution in [2.75, 3.05) is 26.9 Å². The second-order valence-electron chi connectivity index (χ2n) is 5.27. The predicted molar refractivity (Wildman–Crippen MR) is 95.5 cm³/mol. The van der Waals surface area contributed by atoms with Crippen LogP contribution in [-0.4, -0.2) is 41.7 Å². The predicted octanol–water partition coefficient (Wildman–Crippen LogP) is 3.37. The van der Waals surface area contributed by atoms with Crippen LogP contribution < -0.4 is 9.47 Å². The number of hydrogen-bond donors (Lipinski definition) is 1. The van der Waals surface area contributed by atoms with Gasteiger partial charge in [0.05, 0.1) is 13.2 Å². The first-order valence-electron chi connectivity index (χ1n) is 8.21. The van der Waals surface area contributed by atoms with E-state index in [1.165, 1.54) is 0 Å². The molecule has 0 aliphatic carbocycles. The van der Waals surface area contributed by atoms with E-state index in [2.05, 4.69) is 10.2 Å². The average Bonchev–Trinajstić information content (AvgIpc) is 2.91. The van der Waals surface area contributed by atoms with Crippen LogP contribution in [-0.2, 0) is 17.7 Å². The third-order valence-corrected chi connectivity index (χ3v) is 3.85. The second kappa shape index (κ2) is 9.44. The van der Waals surface area contributed by atoms with E-state index in [4.69, 9.17) is 26.4 Å². The Labute approximate surface area is 147 Å². The maximum Gasteiger partial charge on any atom is 0.195 e. The SMILES string of the molecule is CCOc1ccc(Cc2n[nH]c(=S)n2CCCOC)cc1OCC. The first-order chi connectivity index (χ1) is 11.7. The number of benzene rings is 1. The standard InChI is InChI=1S/C17H25N3O3S/c1-4-22-14-8-7-13(11-15(14)23-5-2)12-16-18-19-17(24)20(16)9-6-10-21-3/h7-8,11H,4-6,9-10,12H2,1-3H3,(H,19,24). The number of H-pyrrole nitrogens is 1. The van der Waals surface area contributed by atoms with Crippen LogP contribution in [0.2, 0.25) is 0 Å². The Balaban J connectivity index is 2.18. The summed E-state index contributed by atoms with van der Waals surface area (Å²) in [5.41, 5.74) is 1.10. The summed E-state index contributed by atoms with van der Waals surface area (Å²) in [5.74, 6) is 2.43. The lowest BCUT2D eigenvalue weighted by molar-refractivity contribution is 0.190. The normalized spacial score (nSPS) is 10.8. The van der Waals surface area contributed by atoms with Crippen molar-refractivity contribution in [3.05, 3.63) is 34.4 Å². The first-order valence-corrected chi connectivity index (χ1v) is 8.61. The minimum atomic E-state index is 0.596. The third-order valence-electron chi connectivity index (χ3n) is 3.54. The van der Waals surface area contributed by atoms with Crippen LogP contribution in [0.5, 0.6) is 11.5 Å². The van der Waals surface area contributed by atoms with Gasteiger partial charge in [0.1, 0.15) is 5.82 Å². The van der Waals surface area contributed by atoms with Crippen molar-refractivity contribution in [2.45, 2.75) is 33.2 Å². The molecule has 0 spiro atoms. The number of aromatic nitrogens is 3. The molecule has 0 bridgehead atoms. The first kappa shape index (κ1) is 18.5. The van der Waals surface area contributed by atoms with Crippen LogP contribution in [0.3, 0.4) is 0 Å². The molecule has 1 N–H and O–H groups in total. The van der Waals surface area contributed by atoms with Crippen molar-refractivity contribution in [3.63, 3.8) is 0 Å². The van der Waals surface area contributed by atoms with Gasteiger partial charge in [0, 0.05) is 26.7 Å². The molecule has 0 unspecified atom stereocenters. The monoisotopic (exact) mass is 351 g/mol. The lowest BCUT2D eigenvalue weighted by atomic mass is 10.1. The molecule has 1 aromatic heterocycles. The van der Waals surface area contributed by atoms with Gasteiger partial charge in [-0.3, -0.25) is 5.10 Å². The Morgan fingerprint density at radius 1 is 1.17 bits per heavy atom. The summed E-state index contributed by atoms with van der Waals surface area (Å²) < 4.78 is 19.1. The van der Waals surface area contributed by atoms with E-state index in [9.17, 15) is 0 Å². The Morgan fingerprint density at radius 2 is 1.92 bits per heavy atom. The number of ether oxygens (including phenoxy) is 3. The molecule has 0 fully saturated rings. The number of rotatable bonds is 10. The van der Waals surface area contributed by atoms with Crippen LogP contribution in [0, 0.1) is 4.77 Å². The van der Waals surface area contributed by atoms with Crippen molar-refractivity contribution in [2.24, 2.45) is 0 Å². The highest BCUT2D eigenvalue weighted by atomic mass is 32.1. The lowest BCUT2D eigenvalue weighted by Crippen LogP contribution is -2.07. The van der Waals surface area contributed by atoms with E-state index in [1.54, 1.807) is 7.11 Å². The smallest absolute Gasteiger partial charge is 0.195 e. The van der Waals surface area contributed by atoms with E-state index < -0.39 is 0 Å². The van der Waals surface area contributed by atoms with Crippen molar-refractivity contribution in [3.8, 4) is 11.5 Å². The fourth-order valence-corrected chi connectivity index (χ4v) is 2.71. The molecule has 1 heterocycles. The molecule has 2 aromatic rings. The summed E-state index contributed by atoms with van der Waals surface area (Å²) in [6.45, 7) is 6.61. The van der Waals surface area contributed by atoms with Gasteiger partial charge >= 0.3 is 0 Å². The minimum absolute atomic E-state index is 0.596. The Hall–Kier alpha value is -1.86. The highest BCUT2D eigenvalue weighted by Gasteiger charge is 2.11. The number of aromatic amines is 1. The summed E-state index contributed by atoms with van der Waals surface area (Å²) in [6.07, 6.45) is 1.57. The van der Waals surface area contributed by atoms with E-state index in [0.29, 0.717) is 31.0 Å². The van der Waals surface area contributed by atoms with Crippen LogP contribution >= 0.6 is 12.2 Å². The number of methoxy groups -OCH3 is 1. The van der Waals surface area contributed by atoms with Gasteiger partial charge in [0.25, 0.3) is 0 Å². The van der Waals surface area contributed by atoms with Crippen LogP contribution in [0.4, 0.5) is 0 Å². The largest absolute Gasteiger partial charge is 0.490 e. The molecule has 24 heavy (non-hydrogen) atoms. The van der Waals surface area contributed by atoms with E-state index in [1.807, 2.05) is 36.6 Å².